The molecule has 1 aromatic heterocycles. The van der Waals surface area contributed by atoms with Crippen LogP contribution in [-0.4, -0.2) is 0 Å². The van der Waals surface area contributed by atoms with Crippen molar-refractivity contribution in [3.8, 4) is 0 Å². The number of halogens is 1. The van der Waals surface area contributed by atoms with Crippen molar-refractivity contribution in [2.75, 3.05) is 3.11 Å². The van der Waals surface area contributed by atoms with Gasteiger partial charge in [-0.2, -0.15) is 0 Å². The molecule has 0 radical (unpaired) electrons. The highest BCUT2D eigenvalue weighted by atomic mass is 127. The maximum absolute atomic E-state index is 6.51. The lowest BCUT2D eigenvalue weighted by Gasteiger charge is -2.20. The van der Waals surface area contributed by atoms with Gasteiger partial charge in [0.2, 0.25) is 0 Å². The van der Waals surface area contributed by atoms with E-state index in [9.17, 15) is 0 Å². The zero-order chi connectivity index (χ0) is 19.2. The topological polar surface area (TPSA) is 16.4 Å². The van der Waals surface area contributed by atoms with Gasteiger partial charge < -0.3 is 4.42 Å². The van der Waals surface area contributed by atoms with E-state index in [1.807, 2.05) is 0 Å². The highest BCUT2D eigenvalue weighted by molar-refractivity contribution is 14.1. The van der Waals surface area contributed by atoms with Crippen molar-refractivity contribution in [2.24, 2.45) is 0 Å². The van der Waals surface area contributed by atoms with Crippen LogP contribution >= 0.6 is 22.9 Å². The first kappa shape index (κ1) is 18.4. The van der Waals surface area contributed by atoms with Crippen LogP contribution in [0, 0.1) is 0 Å². The first-order valence-corrected chi connectivity index (χ1v) is 10.4. The highest BCUT2D eigenvalue weighted by Crippen LogP contribution is 2.42. The standard InChI is InChI=1S/C24H24INO/c1-5-16-10-6-7-14-20(16)26(25)21-15-9-12-18-17-11-8-13-19(24(2,3)4)22(17)27-23(18)21/h6-15H,5H2,1-4H3. The molecule has 2 nitrogen and oxygen atoms in total. The number of rotatable bonds is 3. The summed E-state index contributed by atoms with van der Waals surface area (Å²) >= 11 is 2.39. The maximum Gasteiger partial charge on any atom is 0.159 e. The predicted octanol–water partition coefficient (Wildman–Crippen LogP) is 7.93. The van der Waals surface area contributed by atoms with Crippen molar-refractivity contribution in [1.82, 2.24) is 0 Å². The number of hydrogen-bond acceptors (Lipinski definition) is 2. The average molecular weight is 469 g/mol. The minimum absolute atomic E-state index is 0.0341. The number of furan rings is 1. The largest absolute Gasteiger partial charge is 0.454 e. The summed E-state index contributed by atoms with van der Waals surface area (Å²) in [6.07, 6.45) is 1.000. The van der Waals surface area contributed by atoms with Gasteiger partial charge >= 0.3 is 0 Å². The molecule has 0 saturated carbocycles. The van der Waals surface area contributed by atoms with Gasteiger partial charge in [-0.1, -0.05) is 76.2 Å². The van der Waals surface area contributed by atoms with E-state index in [1.165, 1.54) is 27.6 Å². The molecule has 3 aromatic carbocycles. The molecule has 27 heavy (non-hydrogen) atoms. The van der Waals surface area contributed by atoms with Crippen molar-refractivity contribution in [3.05, 3.63) is 71.8 Å². The number of aryl methyl sites for hydroxylation is 1. The molecule has 0 aliphatic rings. The van der Waals surface area contributed by atoms with Gasteiger partial charge in [-0.25, -0.2) is 0 Å². The lowest BCUT2D eigenvalue weighted by atomic mass is 9.86. The lowest BCUT2D eigenvalue weighted by molar-refractivity contribution is 0.573. The first-order valence-electron chi connectivity index (χ1n) is 9.40. The van der Waals surface area contributed by atoms with Crippen LogP contribution in [0.5, 0.6) is 0 Å². The summed E-state index contributed by atoms with van der Waals surface area (Å²) in [5.74, 6) is 0. The first-order chi connectivity index (χ1) is 12.9. The summed E-state index contributed by atoms with van der Waals surface area (Å²) in [7, 11) is 0. The minimum Gasteiger partial charge on any atom is -0.454 e. The zero-order valence-electron chi connectivity index (χ0n) is 16.2. The molecule has 0 aliphatic heterocycles. The van der Waals surface area contributed by atoms with Crippen LogP contribution in [0.2, 0.25) is 0 Å². The fourth-order valence-electron chi connectivity index (χ4n) is 3.68. The van der Waals surface area contributed by atoms with Gasteiger partial charge in [-0.05, 0) is 29.5 Å². The fourth-order valence-corrected chi connectivity index (χ4v) is 4.53. The summed E-state index contributed by atoms with van der Waals surface area (Å²) in [6.45, 7) is 8.90. The van der Waals surface area contributed by atoms with Crippen molar-refractivity contribution >= 4 is 56.2 Å². The molecular formula is C24H24INO. The summed E-state index contributed by atoms with van der Waals surface area (Å²) in [4.78, 5) is 0. The monoisotopic (exact) mass is 469 g/mol. The van der Waals surface area contributed by atoms with E-state index in [1.54, 1.807) is 0 Å². The Labute approximate surface area is 174 Å². The molecule has 4 rings (SSSR count). The van der Waals surface area contributed by atoms with Crippen LogP contribution in [0.3, 0.4) is 0 Å². The quantitative estimate of drug-likeness (QED) is 0.224. The van der Waals surface area contributed by atoms with E-state index >= 15 is 0 Å². The van der Waals surface area contributed by atoms with E-state index in [0.29, 0.717) is 0 Å². The van der Waals surface area contributed by atoms with Crippen molar-refractivity contribution in [1.29, 1.82) is 0 Å². The Morgan fingerprint density at radius 1 is 0.815 bits per heavy atom. The summed E-state index contributed by atoms with van der Waals surface area (Å²) in [5.41, 5.74) is 6.86. The maximum atomic E-state index is 6.51. The number of benzene rings is 3. The zero-order valence-corrected chi connectivity index (χ0v) is 18.4. The molecule has 0 spiro atoms. The Kier molecular flexibility index (Phi) is 4.66. The third-order valence-corrected chi connectivity index (χ3v) is 6.15. The van der Waals surface area contributed by atoms with Gasteiger partial charge in [-0.15, -0.1) is 0 Å². The molecule has 1 heterocycles. The lowest BCUT2D eigenvalue weighted by Crippen LogP contribution is -2.10. The van der Waals surface area contributed by atoms with E-state index in [2.05, 4.69) is 114 Å². The normalized spacial score (nSPS) is 12.0. The molecule has 0 fully saturated rings. The summed E-state index contributed by atoms with van der Waals surface area (Å²) in [6, 6.07) is 21.5. The van der Waals surface area contributed by atoms with Gasteiger partial charge in [0.25, 0.3) is 0 Å². The Hall–Kier alpha value is -2.01. The van der Waals surface area contributed by atoms with Crippen LogP contribution in [0.25, 0.3) is 21.9 Å². The molecule has 0 aliphatic carbocycles. The Morgan fingerprint density at radius 3 is 2.15 bits per heavy atom. The number of para-hydroxylation sites is 3. The number of hydrogen-bond donors (Lipinski definition) is 0. The molecule has 0 N–H and O–H groups in total. The minimum atomic E-state index is 0.0341. The molecular weight excluding hydrogens is 445 g/mol. The van der Waals surface area contributed by atoms with E-state index < -0.39 is 0 Å². The van der Waals surface area contributed by atoms with Crippen molar-refractivity contribution < 1.29 is 4.42 Å². The molecule has 138 valence electrons. The third-order valence-electron chi connectivity index (χ3n) is 5.11. The van der Waals surface area contributed by atoms with E-state index in [4.69, 9.17) is 4.42 Å². The smallest absolute Gasteiger partial charge is 0.159 e. The number of fused-ring (bicyclic) bond motifs is 3. The molecule has 0 saturated heterocycles. The highest BCUT2D eigenvalue weighted by Gasteiger charge is 2.22. The van der Waals surface area contributed by atoms with Gasteiger partial charge in [0.05, 0.1) is 34.2 Å². The Bertz CT molecular complexity index is 1120. The predicted molar refractivity (Wildman–Crippen MR) is 124 cm³/mol. The van der Waals surface area contributed by atoms with Gasteiger partial charge in [0.1, 0.15) is 5.58 Å². The molecule has 3 heteroatoms. The van der Waals surface area contributed by atoms with Gasteiger partial charge in [0, 0.05) is 16.3 Å². The fraction of sp³-hybridized carbons (Fsp3) is 0.250. The van der Waals surface area contributed by atoms with Crippen molar-refractivity contribution in [2.45, 2.75) is 39.5 Å². The average Bonchev–Trinajstić information content (AvgIpc) is 3.05. The summed E-state index contributed by atoms with van der Waals surface area (Å²) < 4.78 is 8.73. The van der Waals surface area contributed by atoms with E-state index in [0.717, 1.165) is 23.3 Å². The number of nitrogens with zero attached hydrogens (tertiary/aromatic N) is 1. The van der Waals surface area contributed by atoms with Crippen LogP contribution < -0.4 is 3.11 Å². The van der Waals surface area contributed by atoms with Crippen LogP contribution in [-0.2, 0) is 11.8 Å². The summed E-state index contributed by atoms with van der Waals surface area (Å²) in [5, 5.41) is 2.36. The second-order valence-electron chi connectivity index (χ2n) is 7.95. The Balaban J connectivity index is 1.98. The molecule has 0 atom stereocenters. The van der Waals surface area contributed by atoms with Crippen LogP contribution in [0.15, 0.2) is 65.1 Å². The van der Waals surface area contributed by atoms with Crippen LogP contribution in [0.4, 0.5) is 11.4 Å². The molecule has 0 bridgehead atoms. The van der Waals surface area contributed by atoms with Gasteiger partial charge in [-0.3, -0.25) is 3.11 Å². The molecule has 4 aromatic rings. The van der Waals surface area contributed by atoms with Gasteiger partial charge in [0.15, 0.2) is 5.58 Å². The SMILES string of the molecule is CCc1ccccc1N(I)c1cccc2c1oc1c(C(C)(C)C)cccc12. The molecule has 0 unspecified atom stereocenters. The third kappa shape index (κ3) is 3.12. The molecule has 0 amide bonds. The number of anilines is 2. The van der Waals surface area contributed by atoms with E-state index in [-0.39, 0.29) is 5.41 Å². The second kappa shape index (κ2) is 6.86. The van der Waals surface area contributed by atoms with Crippen LogP contribution in [0.1, 0.15) is 38.8 Å². The second-order valence-corrected chi connectivity index (χ2v) is 8.92. The Morgan fingerprint density at radius 2 is 1.44 bits per heavy atom. The van der Waals surface area contributed by atoms with Crippen molar-refractivity contribution in [3.63, 3.8) is 0 Å².